The molecule has 0 saturated carbocycles. The molecule has 0 aliphatic rings. The second-order valence-corrected chi connectivity index (χ2v) is 4.64. The third-order valence-electron chi connectivity index (χ3n) is 3.03. The highest BCUT2D eigenvalue weighted by atomic mass is 16.5. The minimum absolute atomic E-state index is 0.0459. The van der Waals surface area contributed by atoms with Crippen LogP contribution in [0.5, 0.6) is 5.75 Å². The maximum atomic E-state index is 9.41. The van der Waals surface area contributed by atoms with Gasteiger partial charge in [-0.2, -0.15) is 0 Å². The summed E-state index contributed by atoms with van der Waals surface area (Å²) in [7, 11) is 0. The van der Waals surface area contributed by atoms with Crippen molar-refractivity contribution in [3.05, 3.63) is 42.0 Å². The van der Waals surface area contributed by atoms with Gasteiger partial charge in [0, 0.05) is 17.0 Å². The van der Waals surface area contributed by atoms with E-state index >= 15 is 0 Å². The van der Waals surface area contributed by atoms with Crippen molar-refractivity contribution in [2.75, 3.05) is 13.2 Å². The highest BCUT2D eigenvalue weighted by Crippen LogP contribution is 2.32. The lowest BCUT2D eigenvalue weighted by molar-refractivity contribution is 0.0537. The number of fused-ring (bicyclic) bond motifs is 1. The zero-order valence-corrected chi connectivity index (χ0v) is 10.9. The van der Waals surface area contributed by atoms with Crippen LogP contribution < -0.4 is 10.5 Å². The SMILES string of the molecule is CC(N)c1ccc2ccccc2c1OCC(O)CO. The maximum absolute atomic E-state index is 9.41. The Morgan fingerprint density at radius 2 is 1.95 bits per heavy atom. The Kier molecular flexibility index (Phi) is 4.37. The summed E-state index contributed by atoms with van der Waals surface area (Å²) in [5.41, 5.74) is 6.84. The van der Waals surface area contributed by atoms with Crippen molar-refractivity contribution in [2.45, 2.75) is 19.1 Å². The molecule has 4 heteroatoms. The second kappa shape index (κ2) is 6.02. The summed E-state index contributed by atoms with van der Waals surface area (Å²) in [5.74, 6) is 0.681. The molecule has 4 nitrogen and oxygen atoms in total. The second-order valence-electron chi connectivity index (χ2n) is 4.64. The van der Waals surface area contributed by atoms with Gasteiger partial charge in [-0.1, -0.05) is 36.4 Å². The number of benzene rings is 2. The first-order chi connectivity index (χ1) is 9.13. The fourth-order valence-electron chi connectivity index (χ4n) is 2.01. The molecule has 2 aromatic rings. The van der Waals surface area contributed by atoms with Gasteiger partial charge in [-0.05, 0) is 12.3 Å². The molecular formula is C15H19NO3. The molecule has 2 aromatic carbocycles. The van der Waals surface area contributed by atoms with Gasteiger partial charge >= 0.3 is 0 Å². The predicted molar refractivity (Wildman–Crippen MR) is 75.1 cm³/mol. The molecule has 0 aromatic heterocycles. The molecule has 2 unspecified atom stereocenters. The molecule has 0 amide bonds. The minimum Gasteiger partial charge on any atom is -0.490 e. The van der Waals surface area contributed by atoms with Crippen LogP contribution >= 0.6 is 0 Å². The van der Waals surface area contributed by atoms with E-state index in [2.05, 4.69) is 0 Å². The van der Waals surface area contributed by atoms with Gasteiger partial charge in [0.05, 0.1) is 6.61 Å². The zero-order chi connectivity index (χ0) is 13.8. The molecule has 0 aliphatic heterocycles. The van der Waals surface area contributed by atoms with Crippen molar-refractivity contribution in [1.29, 1.82) is 0 Å². The van der Waals surface area contributed by atoms with Crippen LogP contribution in [0.4, 0.5) is 0 Å². The topological polar surface area (TPSA) is 75.7 Å². The van der Waals surface area contributed by atoms with Crippen LogP contribution in [0, 0.1) is 0 Å². The molecule has 0 fully saturated rings. The van der Waals surface area contributed by atoms with Crippen molar-refractivity contribution in [2.24, 2.45) is 5.73 Å². The Morgan fingerprint density at radius 3 is 2.63 bits per heavy atom. The molecule has 102 valence electrons. The van der Waals surface area contributed by atoms with E-state index in [1.54, 1.807) is 0 Å². The molecular weight excluding hydrogens is 242 g/mol. The van der Waals surface area contributed by atoms with E-state index in [1.165, 1.54) is 0 Å². The van der Waals surface area contributed by atoms with Crippen LogP contribution in [0.1, 0.15) is 18.5 Å². The van der Waals surface area contributed by atoms with Gasteiger partial charge in [-0.3, -0.25) is 0 Å². The van der Waals surface area contributed by atoms with Crippen molar-refractivity contribution < 1.29 is 14.9 Å². The number of rotatable bonds is 5. The van der Waals surface area contributed by atoms with E-state index < -0.39 is 6.10 Å². The van der Waals surface area contributed by atoms with Crippen molar-refractivity contribution in [3.8, 4) is 5.75 Å². The Morgan fingerprint density at radius 1 is 1.21 bits per heavy atom. The molecule has 2 rings (SSSR count). The number of aliphatic hydroxyl groups excluding tert-OH is 2. The van der Waals surface area contributed by atoms with E-state index in [1.807, 2.05) is 43.3 Å². The lowest BCUT2D eigenvalue weighted by Crippen LogP contribution is -2.22. The lowest BCUT2D eigenvalue weighted by atomic mass is 10.0. The molecule has 0 bridgehead atoms. The largest absolute Gasteiger partial charge is 0.490 e. The minimum atomic E-state index is -0.889. The third-order valence-corrected chi connectivity index (χ3v) is 3.03. The van der Waals surface area contributed by atoms with Crippen LogP contribution in [-0.2, 0) is 0 Å². The van der Waals surface area contributed by atoms with E-state index in [-0.39, 0.29) is 19.3 Å². The molecule has 0 saturated heterocycles. The number of nitrogens with two attached hydrogens (primary N) is 1. The summed E-state index contributed by atoms with van der Waals surface area (Å²) < 4.78 is 5.67. The summed E-state index contributed by atoms with van der Waals surface area (Å²) in [6.45, 7) is 1.61. The Bertz CT molecular complexity index is 554. The smallest absolute Gasteiger partial charge is 0.132 e. The first-order valence-electron chi connectivity index (χ1n) is 6.32. The average Bonchev–Trinajstić information content (AvgIpc) is 2.43. The van der Waals surface area contributed by atoms with Crippen LogP contribution in [0.15, 0.2) is 36.4 Å². The lowest BCUT2D eigenvalue weighted by Gasteiger charge is -2.18. The van der Waals surface area contributed by atoms with Crippen molar-refractivity contribution in [1.82, 2.24) is 0 Å². The van der Waals surface area contributed by atoms with Gasteiger partial charge < -0.3 is 20.7 Å². The van der Waals surface area contributed by atoms with Crippen LogP contribution in [0.2, 0.25) is 0 Å². The normalized spacial score (nSPS) is 14.3. The molecule has 0 heterocycles. The Balaban J connectivity index is 2.43. The van der Waals surface area contributed by atoms with E-state index in [0.717, 1.165) is 16.3 Å². The molecule has 0 spiro atoms. The molecule has 0 radical (unpaired) electrons. The number of hydrogen-bond acceptors (Lipinski definition) is 4. The van der Waals surface area contributed by atoms with E-state index in [0.29, 0.717) is 5.75 Å². The Labute approximate surface area is 112 Å². The molecule has 4 N–H and O–H groups in total. The zero-order valence-electron chi connectivity index (χ0n) is 10.9. The summed E-state index contributed by atoms with van der Waals surface area (Å²) >= 11 is 0. The van der Waals surface area contributed by atoms with Crippen LogP contribution in [0.3, 0.4) is 0 Å². The first kappa shape index (κ1) is 13.8. The molecule has 2 atom stereocenters. The number of hydrogen-bond donors (Lipinski definition) is 3. The quantitative estimate of drug-likeness (QED) is 0.764. The fraction of sp³-hybridized carbons (Fsp3) is 0.333. The van der Waals surface area contributed by atoms with Gasteiger partial charge in [-0.25, -0.2) is 0 Å². The predicted octanol–water partition coefficient (Wildman–Crippen LogP) is 1.59. The van der Waals surface area contributed by atoms with E-state index in [4.69, 9.17) is 15.6 Å². The summed E-state index contributed by atoms with van der Waals surface area (Å²) in [6, 6.07) is 11.6. The highest BCUT2D eigenvalue weighted by Gasteiger charge is 2.13. The maximum Gasteiger partial charge on any atom is 0.132 e. The monoisotopic (exact) mass is 261 g/mol. The van der Waals surface area contributed by atoms with Crippen LogP contribution in [0.25, 0.3) is 10.8 Å². The van der Waals surface area contributed by atoms with E-state index in [9.17, 15) is 5.11 Å². The van der Waals surface area contributed by atoms with Gasteiger partial charge in [-0.15, -0.1) is 0 Å². The Hall–Kier alpha value is -1.62. The van der Waals surface area contributed by atoms with Crippen molar-refractivity contribution >= 4 is 10.8 Å². The summed E-state index contributed by atoms with van der Waals surface area (Å²) in [5, 5.41) is 20.3. The van der Waals surface area contributed by atoms with Gasteiger partial charge in [0.25, 0.3) is 0 Å². The van der Waals surface area contributed by atoms with Gasteiger partial charge in [0.15, 0.2) is 0 Å². The standard InChI is InChI=1S/C15H19NO3/c1-10(16)13-7-6-11-4-2-3-5-14(11)15(13)19-9-12(18)8-17/h2-7,10,12,17-18H,8-9,16H2,1H3. The summed E-state index contributed by atoms with van der Waals surface area (Å²) in [4.78, 5) is 0. The summed E-state index contributed by atoms with van der Waals surface area (Å²) in [6.07, 6.45) is -0.889. The molecule has 0 aliphatic carbocycles. The van der Waals surface area contributed by atoms with Crippen LogP contribution in [-0.4, -0.2) is 29.5 Å². The first-order valence-corrected chi connectivity index (χ1v) is 6.32. The number of aliphatic hydroxyl groups is 2. The third kappa shape index (κ3) is 3.04. The average molecular weight is 261 g/mol. The molecule has 19 heavy (non-hydrogen) atoms. The van der Waals surface area contributed by atoms with Crippen molar-refractivity contribution in [3.63, 3.8) is 0 Å². The highest BCUT2D eigenvalue weighted by molar-refractivity contribution is 5.89. The van der Waals surface area contributed by atoms with Gasteiger partial charge in [0.2, 0.25) is 0 Å². The number of ether oxygens (including phenoxy) is 1. The van der Waals surface area contributed by atoms with Gasteiger partial charge in [0.1, 0.15) is 18.5 Å². The fourth-order valence-corrected chi connectivity index (χ4v) is 2.01.